The number of carbonyl (C=O) groups excluding carboxylic acids is 1. The van der Waals surface area contributed by atoms with Crippen LogP contribution < -0.4 is 9.47 Å². The Labute approximate surface area is 83.6 Å². The minimum absolute atomic E-state index is 0.551. The van der Waals surface area contributed by atoms with Crippen LogP contribution in [0.25, 0.3) is 0 Å². The molecule has 0 aromatic heterocycles. The highest BCUT2D eigenvalue weighted by molar-refractivity contribution is 5.76. The minimum atomic E-state index is 0.551. The van der Waals surface area contributed by atoms with Crippen molar-refractivity contribution in [1.82, 2.24) is 0 Å². The zero-order valence-corrected chi connectivity index (χ0v) is 8.45. The highest BCUT2D eigenvalue weighted by Gasteiger charge is 2.10. The summed E-state index contributed by atoms with van der Waals surface area (Å²) in [6, 6.07) is 5.14. The zero-order valence-electron chi connectivity index (χ0n) is 8.45. The van der Waals surface area contributed by atoms with Crippen LogP contribution in [0.4, 0.5) is 0 Å². The predicted molar refractivity (Wildman–Crippen MR) is 54.2 cm³/mol. The number of rotatable bonds is 1. The summed E-state index contributed by atoms with van der Waals surface area (Å²) >= 11 is 0. The first-order valence-corrected chi connectivity index (χ1v) is 4.75. The van der Waals surface area contributed by atoms with E-state index in [9.17, 15) is 4.79 Å². The first-order valence-electron chi connectivity index (χ1n) is 4.75. The number of fused-ring (bicyclic) bond motifs is 1. The van der Waals surface area contributed by atoms with Crippen molar-refractivity contribution >= 4 is 6.29 Å². The van der Waals surface area contributed by atoms with Gasteiger partial charge in [0.15, 0.2) is 11.5 Å². The predicted octanol–water partition coefficient (Wildman–Crippen LogP) is 2.30. The third-order valence-corrected chi connectivity index (χ3v) is 1.70. The molecule has 3 heteroatoms. The van der Waals surface area contributed by atoms with Gasteiger partial charge in [-0.2, -0.15) is 0 Å². The van der Waals surface area contributed by atoms with Crippen molar-refractivity contribution in [3.63, 3.8) is 0 Å². The van der Waals surface area contributed by atoms with Gasteiger partial charge in [0.1, 0.15) is 19.5 Å². The Morgan fingerprint density at radius 3 is 2.43 bits per heavy atom. The molecule has 0 radical (unpaired) electrons. The maximum absolute atomic E-state index is 10.4. The zero-order chi connectivity index (χ0) is 10.4. The van der Waals surface area contributed by atoms with Crippen LogP contribution in [0.15, 0.2) is 18.2 Å². The lowest BCUT2D eigenvalue weighted by Gasteiger charge is -2.17. The molecule has 0 atom stereocenters. The molecular weight excluding hydrogens is 180 g/mol. The van der Waals surface area contributed by atoms with Gasteiger partial charge in [-0.05, 0) is 18.2 Å². The average Bonchev–Trinajstić information content (AvgIpc) is 2.31. The molecule has 1 aliphatic heterocycles. The molecule has 0 aliphatic carbocycles. The molecule has 14 heavy (non-hydrogen) atoms. The smallest absolute Gasteiger partial charge is 0.162 e. The highest BCUT2D eigenvalue weighted by Crippen LogP contribution is 2.29. The SMILES string of the molecule is CC.O=Cc1ccc2c(c1)OCCO2. The molecule has 1 aromatic carbocycles. The maximum Gasteiger partial charge on any atom is 0.162 e. The lowest BCUT2D eigenvalue weighted by Crippen LogP contribution is -2.15. The van der Waals surface area contributed by atoms with Crippen molar-refractivity contribution in [3.05, 3.63) is 23.8 Å². The Balaban J connectivity index is 0.000000461. The molecule has 0 spiro atoms. The number of ether oxygens (including phenoxy) is 2. The molecule has 0 unspecified atom stereocenters. The number of hydrogen-bond acceptors (Lipinski definition) is 3. The van der Waals surface area contributed by atoms with Crippen molar-refractivity contribution < 1.29 is 14.3 Å². The summed E-state index contributed by atoms with van der Waals surface area (Å²) in [7, 11) is 0. The molecule has 1 aliphatic rings. The molecule has 3 nitrogen and oxygen atoms in total. The molecule has 2 rings (SSSR count). The lowest BCUT2D eigenvalue weighted by molar-refractivity contribution is 0.112. The fourth-order valence-electron chi connectivity index (χ4n) is 1.13. The fourth-order valence-corrected chi connectivity index (χ4v) is 1.13. The quantitative estimate of drug-likeness (QED) is 0.643. The van der Waals surface area contributed by atoms with E-state index < -0.39 is 0 Å². The van der Waals surface area contributed by atoms with Gasteiger partial charge < -0.3 is 9.47 Å². The first kappa shape index (κ1) is 10.6. The van der Waals surface area contributed by atoms with Gasteiger partial charge in [-0.25, -0.2) is 0 Å². The second-order valence-electron chi connectivity index (χ2n) is 2.52. The summed E-state index contributed by atoms with van der Waals surface area (Å²) < 4.78 is 10.6. The Bertz CT molecular complexity index is 307. The van der Waals surface area contributed by atoms with Gasteiger partial charge in [0.2, 0.25) is 0 Å². The van der Waals surface area contributed by atoms with Gasteiger partial charge in [0, 0.05) is 5.56 Å². The van der Waals surface area contributed by atoms with E-state index in [1.54, 1.807) is 18.2 Å². The van der Waals surface area contributed by atoms with Crippen molar-refractivity contribution in [2.45, 2.75) is 13.8 Å². The summed E-state index contributed by atoms with van der Waals surface area (Å²) in [6.07, 6.45) is 0.790. The molecule has 0 bridgehead atoms. The summed E-state index contributed by atoms with van der Waals surface area (Å²) in [5.41, 5.74) is 0.610. The number of aldehydes is 1. The van der Waals surface area contributed by atoms with E-state index in [1.165, 1.54) is 0 Å². The standard InChI is InChI=1S/C9H8O3.C2H6/c10-6-7-1-2-8-9(5-7)12-4-3-11-8;1-2/h1-2,5-6H,3-4H2;1-2H3. The normalized spacial score (nSPS) is 12.4. The third kappa shape index (κ3) is 2.25. The summed E-state index contributed by atoms with van der Waals surface area (Å²) in [5.74, 6) is 1.37. The van der Waals surface area contributed by atoms with Crippen LogP contribution in [-0.4, -0.2) is 19.5 Å². The molecule has 0 amide bonds. The Kier molecular flexibility index (Phi) is 3.98. The van der Waals surface area contributed by atoms with E-state index in [0.29, 0.717) is 30.3 Å². The van der Waals surface area contributed by atoms with E-state index in [-0.39, 0.29) is 0 Å². The van der Waals surface area contributed by atoms with Gasteiger partial charge in [-0.15, -0.1) is 0 Å². The van der Waals surface area contributed by atoms with E-state index in [0.717, 1.165) is 6.29 Å². The van der Waals surface area contributed by atoms with Crippen LogP contribution in [0, 0.1) is 0 Å². The Hall–Kier alpha value is -1.51. The second kappa shape index (κ2) is 5.27. The summed E-state index contributed by atoms with van der Waals surface area (Å²) in [5, 5.41) is 0. The van der Waals surface area contributed by atoms with Crippen LogP contribution in [0.1, 0.15) is 24.2 Å². The number of hydrogen-bond donors (Lipinski definition) is 0. The van der Waals surface area contributed by atoms with E-state index in [2.05, 4.69) is 0 Å². The van der Waals surface area contributed by atoms with E-state index >= 15 is 0 Å². The Morgan fingerprint density at radius 1 is 1.14 bits per heavy atom. The topological polar surface area (TPSA) is 35.5 Å². The highest BCUT2D eigenvalue weighted by atomic mass is 16.6. The molecule has 0 saturated carbocycles. The van der Waals surface area contributed by atoms with Crippen molar-refractivity contribution in [1.29, 1.82) is 0 Å². The van der Waals surface area contributed by atoms with Gasteiger partial charge in [-0.3, -0.25) is 4.79 Å². The monoisotopic (exact) mass is 194 g/mol. The molecule has 1 heterocycles. The van der Waals surface area contributed by atoms with E-state index in [1.807, 2.05) is 13.8 Å². The average molecular weight is 194 g/mol. The summed E-state index contributed by atoms with van der Waals surface area (Å²) in [6.45, 7) is 5.13. The largest absolute Gasteiger partial charge is 0.486 e. The van der Waals surface area contributed by atoms with Gasteiger partial charge in [0.05, 0.1) is 0 Å². The molecule has 76 valence electrons. The fraction of sp³-hybridized carbons (Fsp3) is 0.364. The molecule has 1 aromatic rings. The van der Waals surface area contributed by atoms with Crippen molar-refractivity contribution in [2.24, 2.45) is 0 Å². The second-order valence-corrected chi connectivity index (χ2v) is 2.52. The van der Waals surface area contributed by atoms with Crippen LogP contribution >= 0.6 is 0 Å². The summed E-state index contributed by atoms with van der Waals surface area (Å²) in [4.78, 5) is 10.4. The van der Waals surface area contributed by atoms with Crippen molar-refractivity contribution in [2.75, 3.05) is 13.2 Å². The van der Waals surface area contributed by atoms with E-state index in [4.69, 9.17) is 9.47 Å². The lowest BCUT2D eigenvalue weighted by atomic mass is 10.2. The first-order chi connectivity index (χ1) is 6.90. The molecule has 0 N–H and O–H groups in total. The van der Waals surface area contributed by atoms with Gasteiger partial charge >= 0.3 is 0 Å². The molecule has 0 saturated heterocycles. The molecule has 0 fully saturated rings. The van der Waals surface area contributed by atoms with Crippen LogP contribution in [0.3, 0.4) is 0 Å². The minimum Gasteiger partial charge on any atom is -0.486 e. The van der Waals surface area contributed by atoms with Crippen molar-refractivity contribution in [3.8, 4) is 11.5 Å². The van der Waals surface area contributed by atoms with Gasteiger partial charge in [0.25, 0.3) is 0 Å². The van der Waals surface area contributed by atoms with Crippen LogP contribution in [0.5, 0.6) is 11.5 Å². The Morgan fingerprint density at radius 2 is 1.79 bits per heavy atom. The van der Waals surface area contributed by atoms with Crippen LogP contribution in [-0.2, 0) is 0 Å². The van der Waals surface area contributed by atoms with Gasteiger partial charge in [-0.1, -0.05) is 13.8 Å². The third-order valence-electron chi connectivity index (χ3n) is 1.70. The number of carbonyl (C=O) groups is 1. The molecular formula is C11H14O3. The number of benzene rings is 1. The van der Waals surface area contributed by atoms with Crippen LogP contribution in [0.2, 0.25) is 0 Å². The maximum atomic E-state index is 10.4.